The number of rotatable bonds is 28. The molecule has 0 aliphatic carbocycles. The summed E-state index contributed by atoms with van der Waals surface area (Å²) in [5.74, 6) is -2.01. The Hall–Kier alpha value is -6.20. The minimum absolute atomic E-state index is 0.0340. The molecule has 0 saturated carbocycles. The molecular formula is C40H55N7O18S. The van der Waals surface area contributed by atoms with Crippen LogP contribution < -0.4 is 14.8 Å². The van der Waals surface area contributed by atoms with Crippen molar-refractivity contribution in [3.8, 4) is 11.5 Å². The van der Waals surface area contributed by atoms with Gasteiger partial charge in [-0.25, -0.2) is 37.1 Å². The number of aromatic nitrogens is 2. The molecule has 66 heavy (non-hydrogen) atoms. The van der Waals surface area contributed by atoms with Crippen molar-refractivity contribution in [1.82, 2.24) is 30.4 Å². The first kappa shape index (κ1) is 54.1. The lowest BCUT2D eigenvalue weighted by Gasteiger charge is -2.31. The van der Waals surface area contributed by atoms with Crippen LogP contribution in [0.1, 0.15) is 51.9 Å². The van der Waals surface area contributed by atoms with Gasteiger partial charge < -0.3 is 43.2 Å². The fourth-order valence-corrected chi connectivity index (χ4v) is 6.63. The lowest BCUT2D eigenvalue weighted by atomic mass is 9.87. The SMILES string of the molecule is C=C(NC(OCCOC(=O)OCCCCON(O)O)=C(Oc1ccccc1OC)C(=N)N(C(C)OC(=O)OCCOCCON(O)O)S(=O)(=O)c1ccc(C(C)(C)C)cc1)c1ncccn1. The van der Waals surface area contributed by atoms with Crippen LogP contribution >= 0.6 is 0 Å². The van der Waals surface area contributed by atoms with E-state index in [0.29, 0.717) is 10.7 Å². The van der Waals surface area contributed by atoms with Gasteiger partial charge in [0.05, 0.1) is 61.5 Å². The number of sulfonamides is 1. The summed E-state index contributed by atoms with van der Waals surface area (Å²) < 4.78 is 73.7. The second-order valence-electron chi connectivity index (χ2n) is 14.1. The molecule has 0 bridgehead atoms. The smallest absolute Gasteiger partial charge is 0.493 e. The van der Waals surface area contributed by atoms with Crippen molar-refractivity contribution in [2.75, 3.05) is 60.0 Å². The third-order valence-electron chi connectivity index (χ3n) is 8.29. The predicted molar refractivity (Wildman–Crippen MR) is 225 cm³/mol. The van der Waals surface area contributed by atoms with E-state index in [-0.39, 0.29) is 72.8 Å². The minimum atomic E-state index is -4.88. The van der Waals surface area contributed by atoms with Crippen LogP contribution in [0.5, 0.6) is 11.5 Å². The molecule has 3 rings (SSSR count). The number of unbranched alkanes of at least 4 members (excludes halogenated alkanes) is 1. The molecule has 0 amide bonds. The summed E-state index contributed by atoms with van der Waals surface area (Å²) >= 11 is 0. The van der Waals surface area contributed by atoms with E-state index in [0.717, 1.165) is 12.5 Å². The maximum atomic E-state index is 14.8. The first-order chi connectivity index (χ1) is 31.3. The second kappa shape index (κ2) is 27.3. The Morgan fingerprint density at radius 3 is 1.97 bits per heavy atom. The maximum absolute atomic E-state index is 14.8. The molecule has 0 saturated heterocycles. The zero-order valence-electron chi connectivity index (χ0n) is 36.9. The molecule has 1 atom stereocenters. The van der Waals surface area contributed by atoms with Crippen molar-refractivity contribution in [2.24, 2.45) is 0 Å². The molecule has 0 aliphatic rings. The van der Waals surface area contributed by atoms with Crippen LogP contribution in [0.4, 0.5) is 9.59 Å². The number of nitrogens with one attached hydrogen (secondary N) is 2. The topological polar surface area (TPSA) is 313 Å². The monoisotopic (exact) mass is 953 g/mol. The number of hydrogen-bond acceptors (Lipinski definition) is 24. The van der Waals surface area contributed by atoms with E-state index in [4.69, 9.17) is 58.7 Å². The third-order valence-corrected chi connectivity index (χ3v) is 10.2. The van der Waals surface area contributed by atoms with E-state index < -0.39 is 76.6 Å². The van der Waals surface area contributed by atoms with Crippen LogP contribution in [-0.2, 0) is 53.5 Å². The Bertz CT molecular complexity index is 2140. The molecule has 0 radical (unpaired) electrons. The van der Waals surface area contributed by atoms with Crippen LogP contribution in [-0.4, -0.2) is 139 Å². The van der Waals surface area contributed by atoms with Gasteiger partial charge in [-0.15, -0.1) is 0 Å². The Kier molecular flexibility index (Phi) is 22.4. The summed E-state index contributed by atoms with van der Waals surface area (Å²) in [7, 11) is -3.53. The predicted octanol–water partition coefficient (Wildman–Crippen LogP) is 4.75. The highest BCUT2D eigenvalue weighted by atomic mass is 32.2. The molecule has 0 aliphatic heterocycles. The fourth-order valence-electron chi connectivity index (χ4n) is 5.16. The molecule has 25 nitrogen and oxygen atoms in total. The molecule has 0 spiro atoms. The fraction of sp³-hybridized carbons (Fsp3) is 0.425. The standard InChI is InChI=1S/C40H55N7O18S/c1-28(36-42-18-11-19-43-36)44-37(58-25-26-60-38(48)59-20-9-10-21-62-46(50)51)34(65-33-13-8-7-12-32(33)56-6)35(41)45(66(54,55)31-16-14-30(15-17-31)40(3,4)5)29(2)64-39(49)61-24-22-57-23-27-63-47(52)53/h7-8,11-19,29,41,44,50-53H,1,9-10,20-27H2,2-6H3. The lowest BCUT2D eigenvalue weighted by Crippen LogP contribution is -2.47. The van der Waals surface area contributed by atoms with E-state index in [1.165, 1.54) is 43.8 Å². The Labute approximate surface area is 380 Å². The molecule has 6 N–H and O–H groups in total. The summed E-state index contributed by atoms with van der Waals surface area (Å²) in [5.41, 5.74) is 0.383. The van der Waals surface area contributed by atoms with Crippen LogP contribution in [0, 0.1) is 5.41 Å². The van der Waals surface area contributed by atoms with Gasteiger partial charge in [0.1, 0.15) is 19.8 Å². The van der Waals surface area contributed by atoms with Gasteiger partial charge >= 0.3 is 12.3 Å². The highest BCUT2D eigenvalue weighted by Crippen LogP contribution is 2.32. The molecule has 1 aromatic heterocycles. The summed E-state index contributed by atoms with van der Waals surface area (Å²) in [6.45, 7) is 8.84. The Morgan fingerprint density at radius 2 is 1.33 bits per heavy atom. The normalized spacial score (nSPS) is 12.4. The molecule has 26 heteroatoms. The van der Waals surface area contributed by atoms with Gasteiger partial charge in [0, 0.05) is 12.4 Å². The Morgan fingerprint density at radius 1 is 0.773 bits per heavy atom. The van der Waals surface area contributed by atoms with Gasteiger partial charge in [0.25, 0.3) is 10.0 Å². The van der Waals surface area contributed by atoms with Crippen molar-refractivity contribution in [2.45, 2.75) is 57.1 Å². The van der Waals surface area contributed by atoms with Crippen LogP contribution in [0.3, 0.4) is 0 Å². The number of para-hydroxylation sites is 2. The van der Waals surface area contributed by atoms with Crippen molar-refractivity contribution >= 4 is 33.9 Å². The van der Waals surface area contributed by atoms with Crippen molar-refractivity contribution < 1.29 is 86.4 Å². The highest BCUT2D eigenvalue weighted by Gasteiger charge is 2.39. The summed E-state index contributed by atoms with van der Waals surface area (Å²) in [6.07, 6.45) is -0.867. The summed E-state index contributed by atoms with van der Waals surface area (Å²) in [4.78, 5) is 42.2. The molecular weight excluding hydrogens is 899 g/mol. The molecule has 1 unspecified atom stereocenters. The maximum Gasteiger partial charge on any atom is 0.510 e. The quantitative estimate of drug-likeness (QED) is 0.0109. The van der Waals surface area contributed by atoms with Crippen molar-refractivity contribution in [3.63, 3.8) is 0 Å². The number of hydrogen-bond donors (Lipinski definition) is 6. The van der Waals surface area contributed by atoms with E-state index >= 15 is 0 Å². The molecule has 364 valence electrons. The number of benzene rings is 2. The molecule has 0 fully saturated rings. The van der Waals surface area contributed by atoms with Gasteiger partial charge in [-0.1, -0.05) is 51.6 Å². The van der Waals surface area contributed by atoms with Crippen LogP contribution in [0.15, 0.2) is 90.1 Å². The van der Waals surface area contributed by atoms with E-state index in [2.05, 4.69) is 31.5 Å². The number of nitrogens with zero attached hydrogens (tertiary/aromatic N) is 5. The van der Waals surface area contributed by atoms with Gasteiger partial charge in [0.15, 0.2) is 29.4 Å². The molecule has 1 heterocycles. The van der Waals surface area contributed by atoms with Gasteiger partial charge in [-0.3, -0.25) is 31.1 Å². The van der Waals surface area contributed by atoms with E-state index in [1.54, 1.807) is 30.3 Å². The summed E-state index contributed by atoms with van der Waals surface area (Å²) in [5, 5.41) is 46.0. The average molecular weight is 954 g/mol. The van der Waals surface area contributed by atoms with Crippen LogP contribution in [0.25, 0.3) is 5.70 Å². The zero-order valence-corrected chi connectivity index (χ0v) is 37.7. The number of carbonyl (C=O) groups is 2. The van der Waals surface area contributed by atoms with E-state index in [9.17, 15) is 23.4 Å². The van der Waals surface area contributed by atoms with Gasteiger partial charge in [-0.05, 0) is 61.1 Å². The van der Waals surface area contributed by atoms with Crippen molar-refractivity contribution in [1.29, 1.82) is 5.41 Å². The largest absolute Gasteiger partial charge is 0.510 e. The highest BCUT2D eigenvalue weighted by molar-refractivity contribution is 7.89. The lowest BCUT2D eigenvalue weighted by molar-refractivity contribution is -0.493. The Balaban J connectivity index is 2.09. The number of amidine groups is 1. The van der Waals surface area contributed by atoms with Crippen LogP contribution in [0.2, 0.25) is 0 Å². The average Bonchev–Trinajstić information content (AvgIpc) is 3.27. The number of ether oxygens (including phenoxy) is 8. The molecule has 2 aromatic carbocycles. The molecule has 3 aromatic rings. The summed E-state index contributed by atoms with van der Waals surface area (Å²) in [6, 6.07) is 13.6. The third kappa shape index (κ3) is 18.4. The minimum Gasteiger partial charge on any atom is -0.493 e. The first-order valence-electron chi connectivity index (χ1n) is 19.8. The first-order valence-corrected chi connectivity index (χ1v) is 21.3. The number of methoxy groups -OCH3 is 1. The van der Waals surface area contributed by atoms with Gasteiger partial charge in [-0.2, -0.15) is 0 Å². The number of carbonyl (C=O) groups excluding carboxylic acids is 2. The van der Waals surface area contributed by atoms with Crippen molar-refractivity contribution in [3.05, 3.63) is 96.6 Å². The van der Waals surface area contributed by atoms with Gasteiger partial charge in [0.2, 0.25) is 11.6 Å². The second-order valence-corrected chi connectivity index (χ2v) is 15.9. The van der Waals surface area contributed by atoms with E-state index in [1.807, 2.05) is 20.8 Å². The zero-order chi connectivity index (χ0) is 48.7.